The van der Waals surface area contributed by atoms with Crippen molar-refractivity contribution in [2.24, 2.45) is 5.73 Å². The Kier molecular flexibility index (Phi) is 5.54. The van der Waals surface area contributed by atoms with Crippen molar-refractivity contribution in [2.75, 3.05) is 0 Å². The Morgan fingerprint density at radius 2 is 2.04 bits per heavy atom. The Bertz CT molecular complexity index is 858. The molecule has 0 bridgehead atoms. The van der Waals surface area contributed by atoms with Crippen LogP contribution in [0.25, 0.3) is 10.9 Å². The van der Waals surface area contributed by atoms with Gasteiger partial charge in [0, 0.05) is 18.7 Å². The second-order valence-corrected chi connectivity index (χ2v) is 6.96. The van der Waals surface area contributed by atoms with Crippen molar-refractivity contribution in [2.45, 2.75) is 45.1 Å². The van der Waals surface area contributed by atoms with E-state index in [1.165, 1.54) is 12.3 Å². The van der Waals surface area contributed by atoms with E-state index in [1.807, 2.05) is 0 Å². The minimum Gasteiger partial charge on any atom is -0.459 e. The van der Waals surface area contributed by atoms with Crippen molar-refractivity contribution < 1.29 is 19.2 Å². The summed E-state index contributed by atoms with van der Waals surface area (Å²) in [5, 5.41) is 11.6. The number of carbonyl (C=O) groups excluding carboxylic acids is 2. The molecule has 8 nitrogen and oxygen atoms in total. The van der Waals surface area contributed by atoms with Gasteiger partial charge in [0.05, 0.1) is 21.7 Å². The summed E-state index contributed by atoms with van der Waals surface area (Å²) < 4.78 is 5.42. The number of hydrogen-bond donors (Lipinski definition) is 1. The summed E-state index contributed by atoms with van der Waals surface area (Å²) in [6, 6.07) is 6.12. The lowest BCUT2D eigenvalue weighted by molar-refractivity contribution is -0.383. The highest BCUT2D eigenvalue weighted by Gasteiger charge is 2.28. The van der Waals surface area contributed by atoms with E-state index in [0.717, 1.165) is 0 Å². The van der Waals surface area contributed by atoms with Gasteiger partial charge in [-0.25, -0.2) is 0 Å². The largest absolute Gasteiger partial charge is 0.459 e. The van der Waals surface area contributed by atoms with Gasteiger partial charge in [0.25, 0.3) is 5.69 Å². The van der Waals surface area contributed by atoms with Crippen LogP contribution in [-0.2, 0) is 14.3 Å². The molecule has 1 heterocycles. The number of ether oxygens (including phenoxy) is 1. The highest BCUT2D eigenvalue weighted by molar-refractivity contribution is 5.89. The number of aromatic nitrogens is 1. The average molecular weight is 359 g/mol. The van der Waals surface area contributed by atoms with Gasteiger partial charge in [-0.3, -0.25) is 24.7 Å². The molecule has 0 aliphatic carbocycles. The van der Waals surface area contributed by atoms with Crippen LogP contribution in [0.2, 0.25) is 0 Å². The quantitative estimate of drug-likeness (QED) is 0.480. The molecular formula is C18H21N3O5. The van der Waals surface area contributed by atoms with E-state index >= 15 is 0 Å². The fourth-order valence-electron chi connectivity index (χ4n) is 2.58. The van der Waals surface area contributed by atoms with Crippen LogP contribution in [0.3, 0.4) is 0 Å². The molecule has 0 radical (unpaired) electrons. The van der Waals surface area contributed by atoms with Crippen molar-refractivity contribution >= 4 is 28.5 Å². The van der Waals surface area contributed by atoms with Gasteiger partial charge in [-0.05, 0) is 44.9 Å². The fraction of sp³-hybridized carbons (Fsp3) is 0.389. The maximum atomic E-state index is 12.6. The molecule has 1 atom stereocenters. The van der Waals surface area contributed by atoms with Crippen molar-refractivity contribution in [3.05, 3.63) is 46.1 Å². The lowest BCUT2D eigenvalue weighted by Gasteiger charge is -2.24. The molecule has 1 unspecified atom stereocenters. The third kappa shape index (κ3) is 4.75. The number of nitro groups is 1. The second-order valence-electron chi connectivity index (χ2n) is 6.96. The zero-order valence-corrected chi connectivity index (χ0v) is 14.9. The summed E-state index contributed by atoms with van der Waals surface area (Å²) in [5.74, 6) is -1.87. The molecule has 2 rings (SSSR count). The lowest BCUT2D eigenvalue weighted by Crippen LogP contribution is -2.28. The third-order valence-electron chi connectivity index (χ3n) is 3.69. The van der Waals surface area contributed by atoms with Crippen LogP contribution in [0.5, 0.6) is 0 Å². The highest BCUT2D eigenvalue weighted by atomic mass is 16.6. The number of pyridine rings is 1. The minimum atomic E-state index is -0.793. The van der Waals surface area contributed by atoms with E-state index in [0.29, 0.717) is 16.5 Å². The van der Waals surface area contributed by atoms with Crippen LogP contribution >= 0.6 is 0 Å². The molecule has 1 amide bonds. The maximum absolute atomic E-state index is 12.6. The van der Waals surface area contributed by atoms with E-state index in [4.69, 9.17) is 10.5 Å². The van der Waals surface area contributed by atoms with Crippen LogP contribution < -0.4 is 5.73 Å². The first-order valence-electron chi connectivity index (χ1n) is 8.12. The van der Waals surface area contributed by atoms with Crippen molar-refractivity contribution in [1.82, 2.24) is 4.98 Å². The van der Waals surface area contributed by atoms with E-state index in [2.05, 4.69) is 4.98 Å². The van der Waals surface area contributed by atoms with Crippen LogP contribution in [0.1, 0.15) is 45.1 Å². The number of nitro benzene ring substituents is 1. The second kappa shape index (κ2) is 7.47. The monoisotopic (exact) mass is 359 g/mol. The summed E-state index contributed by atoms with van der Waals surface area (Å²) in [4.78, 5) is 38.7. The van der Waals surface area contributed by atoms with E-state index in [9.17, 15) is 19.7 Å². The molecule has 0 fully saturated rings. The number of hydrogen-bond acceptors (Lipinski definition) is 6. The van der Waals surface area contributed by atoms with Crippen molar-refractivity contribution in [1.29, 1.82) is 0 Å². The molecule has 1 aromatic carbocycles. The number of esters is 1. The summed E-state index contributed by atoms with van der Waals surface area (Å²) in [6.45, 7) is 5.21. The number of rotatable bonds is 6. The third-order valence-corrected chi connectivity index (χ3v) is 3.69. The molecule has 2 N–H and O–H groups in total. The van der Waals surface area contributed by atoms with E-state index in [1.54, 1.807) is 39.0 Å². The van der Waals surface area contributed by atoms with Crippen LogP contribution in [0.4, 0.5) is 5.69 Å². The number of nitrogens with two attached hydrogens (primary N) is 1. The molecule has 0 saturated carbocycles. The molecule has 0 aliphatic heterocycles. The van der Waals surface area contributed by atoms with E-state index in [-0.39, 0.29) is 18.5 Å². The van der Waals surface area contributed by atoms with Gasteiger partial charge in [-0.15, -0.1) is 0 Å². The molecule has 0 aliphatic rings. The first-order chi connectivity index (χ1) is 12.1. The van der Waals surface area contributed by atoms with Gasteiger partial charge in [-0.1, -0.05) is 6.07 Å². The van der Waals surface area contributed by atoms with Crippen molar-refractivity contribution in [3.63, 3.8) is 0 Å². The maximum Gasteiger partial charge on any atom is 0.314 e. The molecule has 26 heavy (non-hydrogen) atoms. The first kappa shape index (κ1) is 19.3. The Morgan fingerprint density at radius 1 is 1.35 bits per heavy atom. The number of fused-ring (bicyclic) bond motifs is 1. The summed E-state index contributed by atoms with van der Waals surface area (Å²) in [6.07, 6.45) is 1.60. The van der Waals surface area contributed by atoms with Gasteiger partial charge < -0.3 is 10.5 Å². The summed E-state index contributed by atoms with van der Waals surface area (Å²) in [7, 11) is 0. The number of carbonyl (C=O) groups is 2. The molecule has 8 heteroatoms. The number of benzene rings is 1. The fourth-order valence-corrected chi connectivity index (χ4v) is 2.58. The Morgan fingerprint density at radius 3 is 2.62 bits per heavy atom. The SMILES string of the molecule is CC(C)(C)OC(=O)C(CCC(N)=O)c1cnc2cccc([N+](=O)[O-])c2c1. The van der Waals surface area contributed by atoms with Crippen LogP contribution in [0.15, 0.2) is 30.5 Å². The lowest BCUT2D eigenvalue weighted by atomic mass is 9.93. The Labute approximate surface area is 150 Å². The van der Waals surface area contributed by atoms with Gasteiger partial charge in [-0.2, -0.15) is 0 Å². The first-order valence-corrected chi connectivity index (χ1v) is 8.12. The van der Waals surface area contributed by atoms with Gasteiger partial charge >= 0.3 is 5.97 Å². The normalized spacial score (nSPS) is 12.6. The number of non-ortho nitro benzene ring substituents is 1. The van der Waals surface area contributed by atoms with Crippen LogP contribution in [-0.4, -0.2) is 27.4 Å². The van der Waals surface area contributed by atoms with Gasteiger partial charge in [0.1, 0.15) is 5.60 Å². The number of primary amides is 1. The van der Waals surface area contributed by atoms with Gasteiger partial charge in [0.15, 0.2) is 0 Å². The molecule has 0 saturated heterocycles. The van der Waals surface area contributed by atoms with Gasteiger partial charge in [0.2, 0.25) is 5.91 Å². The number of nitrogens with zero attached hydrogens (tertiary/aromatic N) is 2. The zero-order chi connectivity index (χ0) is 19.5. The molecule has 2 aromatic rings. The highest BCUT2D eigenvalue weighted by Crippen LogP contribution is 2.30. The number of amides is 1. The zero-order valence-electron chi connectivity index (χ0n) is 14.9. The summed E-state index contributed by atoms with van der Waals surface area (Å²) >= 11 is 0. The minimum absolute atomic E-state index is 0.0150. The van der Waals surface area contributed by atoms with Crippen molar-refractivity contribution in [3.8, 4) is 0 Å². The smallest absolute Gasteiger partial charge is 0.314 e. The topological polar surface area (TPSA) is 125 Å². The predicted octanol–water partition coefficient (Wildman–Crippen LogP) is 2.83. The predicted molar refractivity (Wildman–Crippen MR) is 95.4 cm³/mol. The Hall–Kier alpha value is -3.03. The summed E-state index contributed by atoms with van der Waals surface area (Å²) in [5.41, 5.74) is 5.28. The Balaban J connectivity index is 2.49. The standard InChI is InChI=1S/C18H21N3O5/c1-18(2,3)26-17(23)12(7-8-16(19)22)11-9-13-14(20-10-11)5-4-6-15(13)21(24)25/h4-6,9-10,12H,7-8H2,1-3H3,(H2,19,22). The molecule has 138 valence electrons. The molecule has 1 aromatic heterocycles. The van der Waals surface area contributed by atoms with E-state index < -0.39 is 28.3 Å². The average Bonchev–Trinajstić information content (AvgIpc) is 2.52. The molecule has 0 spiro atoms. The van der Waals surface area contributed by atoms with Crippen LogP contribution in [0, 0.1) is 10.1 Å². The molecular weight excluding hydrogens is 338 g/mol.